The summed E-state index contributed by atoms with van der Waals surface area (Å²) in [6.45, 7) is 1.73. The normalized spacial score (nSPS) is 21.2. The fourth-order valence-corrected chi connectivity index (χ4v) is 1.81. The van der Waals surface area contributed by atoms with E-state index in [9.17, 15) is 4.79 Å². The molecule has 0 aromatic carbocycles. The fraction of sp³-hybridized carbons (Fsp3) is 0.800. The first kappa shape index (κ1) is 12.0. The predicted octanol–water partition coefficient (Wildman–Crippen LogP) is -0.527. The molecule has 1 aliphatic heterocycles. The van der Waals surface area contributed by atoms with Crippen LogP contribution in [0.15, 0.2) is 0 Å². The Labute approximate surface area is 89.7 Å². The molecule has 0 radical (unpaired) electrons. The van der Waals surface area contributed by atoms with Gasteiger partial charge in [-0.05, 0) is 19.4 Å². The molecule has 1 heterocycles. The average molecular weight is 211 g/mol. The van der Waals surface area contributed by atoms with Crippen molar-refractivity contribution in [1.29, 1.82) is 5.26 Å². The first-order valence-electron chi connectivity index (χ1n) is 5.26. The first-order valence-corrected chi connectivity index (χ1v) is 5.26. The minimum atomic E-state index is -0.0643. The van der Waals surface area contributed by atoms with Gasteiger partial charge in [-0.25, -0.2) is 0 Å². The Hall–Kier alpha value is -1.12. The van der Waals surface area contributed by atoms with Crippen molar-refractivity contribution in [2.24, 2.45) is 0 Å². The van der Waals surface area contributed by atoms with Gasteiger partial charge in [-0.2, -0.15) is 5.26 Å². The highest BCUT2D eigenvalue weighted by atomic mass is 16.3. The minimum Gasteiger partial charge on any atom is -0.395 e. The molecule has 1 fully saturated rings. The van der Waals surface area contributed by atoms with Gasteiger partial charge in [-0.1, -0.05) is 0 Å². The number of carbonyl (C=O) groups is 1. The van der Waals surface area contributed by atoms with E-state index in [1.165, 1.54) is 0 Å². The zero-order chi connectivity index (χ0) is 11.1. The molecular formula is C10H17N3O2. The number of nitrogens with one attached hydrogen (secondary N) is 1. The molecule has 1 saturated heterocycles. The number of hydrogen-bond acceptors (Lipinski definition) is 4. The Morgan fingerprint density at radius 1 is 1.67 bits per heavy atom. The van der Waals surface area contributed by atoms with E-state index in [1.54, 1.807) is 0 Å². The lowest BCUT2D eigenvalue weighted by atomic mass is 10.2. The molecule has 0 aromatic rings. The second kappa shape index (κ2) is 6.38. The van der Waals surface area contributed by atoms with Crippen LogP contribution < -0.4 is 5.32 Å². The van der Waals surface area contributed by atoms with Gasteiger partial charge in [0, 0.05) is 12.6 Å². The maximum absolute atomic E-state index is 11.4. The number of likely N-dealkylation sites (tertiary alicyclic amines) is 1. The Bertz CT molecular complexity index is 250. The summed E-state index contributed by atoms with van der Waals surface area (Å²) in [5.41, 5.74) is 0. The lowest BCUT2D eigenvalue weighted by Gasteiger charge is -2.21. The van der Waals surface area contributed by atoms with E-state index < -0.39 is 0 Å². The maximum Gasteiger partial charge on any atom is 0.234 e. The number of aliphatic hydroxyl groups excluding tert-OH is 1. The third-order valence-corrected chi connectivity index (χ3v) is 2.62. The molecule has 1 amide bonds. The summed E-state index contributed by atoms with van der Waals surface area (Å²) in [4.78, 5) is 13.4. The van der Waals surface area contributed by atoms with Gasteiger partial charge in [0.05, 0.1) is 25.6 Å². The number of hydrogen-bond donors (Lipinski definition) is 2. The number of nitrogens with zero attached hydrogens (tertiary/aromatic N) is 2. The third kappa shape index (κ3) is 3.86. The minimum absolute atomic E-state index is 0.0643. The van der Waals surface area contributed by atoms with E-state index in [1.807, 2.05) is 11.0 Å². The third-order valence-electron chi connectivity index (χ3n) is 2.62. The topological polar surface area (TPSA) is 76.4 Å². The van der Waals surface area contributed by atoms with Crippen LogP contribution in [0, 0.1) is 11.3 Å². The number of carbonyl (C=O) groups excluding carboxylic acids is 1. The Balaban J connectivity index is 2.22. The standard InChI is InChI=1S/C10H17N3O2/c11-4-2-5-12-10(15)7-13-6-1-3-9(13)8-14/h9,14H,1-3,5-8H2,(H,12,15)/t9-/m1/s1. The molecule has 0 aromatic heterocycles. The molecule has 15 heavy (non-hydrogen) atoms. The summed E-state index contributed by atoms with van der Waals surface area (Å²) in [5.74, 6) is -0.0643. The smallest absolute Gasteiger partial charge is 0.234 e. The van der Waals surface area contributed by atoms with Crippen molar-refractivity contribution >= 4 is 5.91 Å². The van der Waals surface area contributed by atoms with Crippen LogP contribution in [-0.4, -0.2) is 48.2 Å². The summed E-state index contributed by atoms with van der Waals surface area (Å²) >= 11 is 0. The van der Waals surface area contributed by atoms with Gasteiger partial charge in [0.15, 0.2) is 0 Å². The van der Waals surface area contributed by atoms with Gasteiger partial charge in [0.25, 0.3) is 0 Å². The number of amides is 1. The van der Waals surface area contributed by atoms with Gasteiger partial charge < -0.3 is 10.4 Å². The molecule has 2 N–H and O–H groups in total. The highest BCUT2D eigenvalue weighted by Crippen LogP contribution is 2.15. The van der Waals surface area contributed by atoms with E-state index in [0.29, 0.717) is 19.5 Å². The van der Waals surface area contributed by atoms with Crippen LogP contribution in [0.1, 0.15) is 19.3 Å². The quantitative estimate of drug-likeness (QED) is 0.599. The lowest BCUT2D eigenvalue weighted by Crippen LogP contribution is -2.41. The van der Waals surface area contributed by atoms with Crippen molar-refractivity contribution in [3.63, 3.8) is 0 Å². The largest absolute Gasteiger partial charge is 0.395 e. The number of rotatable bonds is 5. The maximum atomic E-state index is 11.4. The highest BCUT2D eigenvalue weighted by molar-refractivity contribution is 5.78. The molecule has 84 valence electrons. The summed E-state index contributed by atoms with van der Waals surface area (Å²) in [5, 5.41) is 20.0. The van der Waals surface area contributed by atoms with Crippen molar-refractivity contribution in [3.8, 4) is 6.07 Å². The fourth-order valence-electron chi connectivity index (χ4n) is 1.81. The zero-order valence-corrected chi connectivity index (χ0v) is 8.78. The van der Waals surface area contributed by atoms with Crippen LogP contribution in [0.4, 0.5) is 0 Å². The summed E-state index contributed by atoms with van der Waals surface area (Å²) in [6.07, 6.45) is 2.34. The van der Waals surface area contributed by atoms with Crippen LogP contribution >= 0.6 is 0 Å². The molecule has 5 heteroatoms. The molecule has 1 aliphatic rings. The Morgan fingerprint density at radius 2 is 2.47 bits per heavy atom. The summed E-state index contributed by atoms with van der Waals surface area (Å²) in [6, 6.07) is 2.10. The summed E-state index contributed by atoms with van der Waals surface area (Å²) < 4.78 is 0. The molecule has 0 saturated carbocycles. The molecule has 0 bridgehead atoms. The molecule has 0 aliphatic carbocycles. The van der Waals surface area contributed by atoms with E-state index in [-0.39, 0.29) is 18.6 Å². The van der Waals surface area contributed by atoms with Crippen molar-refractivity contribution in [3.05, 3.63) is 0 Å². The second-order valence-corrected chi connectivity index (χ2v) is 3.71. The van der Waals surface area contributed by atoms with Crippen LogP contribution in [0.2, 0.25) is 0 Å². The van der Waals surface area contributed by atoms with Gasteiger partial charge in [0.2, 0.25) is 5.91 Å². The molecule has 0 unspecified atom stereocenters. The highest BCUT2D eigenvalue weighted by Gasteiger charge is 2.24. The Kier molecular flexibility index (Phi) is 5.08. The van der Waals surface area contributed by atoms with E-state index in [2.05, 4.69) is 5.32 Å². The molecular weight excluding hydrogens is 194 g/mol. The monoisotopic (exact) mass is 211 g/mol. The lowest BCUT2D eigenvalue weighted by molar-refractivity contribution is -0.122. The second-order valence-electron chi connectivity index (χ2n) is 3.71. The van der Waals surface area contributed by atoms with Crippen LogP contribution in [0.3, 0.4) is 0 Å². The van der Waals surface area contributed by atoms with Crippen LogP contribution in [0.25, 0.3) is 0 Å². The van der Waals surface area contributed by atoms with E-state index in [0.717, 1.165) is 19.4 Å². The van der Waals surface area contributed by atoms with Gasteiger partial charge in [0.1, 0.15) is 0 Å². The molecule has 0 spiro atoms. The predicted molar refractivity (Wildman–Crippen MR) is 54.9 cm³/mol. The SMILES string of the molecule is N#CCCNC(=O)CN1CCC[C@@H]1CO. The molecule has 1 rings (SSSR count). The van der Waals surface area contributed by atoms with Crippen molar-refractivity contribution in [2.45, 2.75) is 25.3 Å². The Morgan fingerprint density at radius 3 is 3.13 bits per heavy atom. The van der Waals surface area contributed by atoms with Gasteiger partial charge >= 0.3 is 0 Å². The first-order chi connectivity index (χ1) is 7.27. The van der Waals surface area contributed by atoms with Gasteiger partial charge in [-0.3, -0.25) is 9.69 Å². The number of nitriles is 1. The average Bonchev–Trinajstić information content (AvgIpc) is 2.65. The summed E-state index contributed by atoms with van der Waals surface area (Å²) in [7, 11) is 0. The van der Waals surface area contributed by atoms with E-state index >= 15 is 0 Å². The van der Waals surface area contributed by atoms with Crippen LogP contribution in [0.5, 0.6) is 0 Å². The van der Waals surface area contributed by atoms with Crippen LogP contribution in [-0.2, 0) is 4.79 Å². The number of aliphatic hydroxyl groups is 1. The van der Waals surface area contributed by atoms with Gasteiger partial charge in [-0.15, -0.1) is 0 Å². The van der Waals surface area contributed by atoms with Crippen molar-refractivity contribution < 1.29 is 9.90 Å². The zero-order valence-electron chi connectivity index (χ0n) is 8.78. The van der Waals surface area contributed by atoms with Crippen molar-refractivity contribution in [2.75, 3.05) is 26.2 Å². The molecule has 5 nitrogen and oxygen atoms in total. The van der Waals surface area contributed by atoms with Crippen molar-refractivity contribution in [1.82, 2.24) is 10.2 Å². The molecule has 1 atom stereocenters. The van der Waals surface area contributed by atoms with E-state index in [4.69, 9.17) is 10.4 Å².